The molecular formula is C12H26N2O3. The number of nitrogens with zero attached hydrogens (tertiary/aromatic N) is 2. The van der Waals surface area contributed by atoms with E-state index in [2.05, 4.69) is 16.8 Å². The van der Waals surface area contributed by atoms with Crippen molar-refractivity contribution in [3.8, 4) is 0 Å². The van der Waals surface area contributed by atoms with Crippen LogP contribution in [0.15, 0.2) is 0 Å². The lowest BCUT2D eigenvalue weighted by Crippen LogP contribution is -2.38. The van der Waals surface area contributed by atoms with Crippen LogP contribution in [-0.2, 0) is 14.2 Å². The van der Waals surface area contributed by atoms with E-state index in [9.17, 15) is 0 Å². The molecule has 0 atom stereocenters. The van der Waals surface area contributed by atoms with Gasteiger partial charge in [0.05, 0.1) is 33.0 Å². The Hall–Kier alpha value is -0.200. The van der Waals surface area contributed by atoms with Crippen molar-refractivity contribution in [1.29, 1.82) is 0 Å². The fourth-order valence-corrected chi connectivity index (χ4v) is 1.70. The van der Waals surface area contributed by atoms with Gasteiger partial charge in [-0.25, -0.2) is 0 Å². The Morgan fingerprint density at radius 2 is 1.82 bits per heavy atom. The third-order valence-electron chi connectivity index (χ3n) is 2.95. The van der Waals surface area contributed by atoms with Crippen molar-refractivity contribution in [3.63, 3.8) is 0 Å². The summed E-state index contributed by atoms with van der Waals surface area (Å²) in [4.78, 5) is 4.61. The van der Waals surface area contributed by atoms with Gasteiger partial charge in [0, 0.05) is 39.8 Å². The molecule has 5 nitrogen and oxygen atoms in total. The van der Waals surface area contributed by atoms with E-state index >= 15 is 0 Å². The van der Waals surface area contributed by atoms with E-state index in [1.165, 1.54) is 0 Å². The minimum Gasteiger partial charge on any atom is -0.383 e. The summed E-state index contributed by atoms with van der Waals surface area (Å²) in [6.45, 7) is 9.14. The van der Waals surface area contributed by atoms with E-state index < -0.39 is 0 Å². The molecule has 1 fully saturated rings. The average molecular weight is 246 g/mol. The number of hydrogen-bond donors (Lipinski definition) is 0. The number of hydrogen-bond acceptors (Lipinski definition) is 5. The molecule has 17 heavy (non-hydrogen) atoms. The maximum Gasteiger partial charge on any atom is 0.0594 e. The molecule has 0 N–H and O–H groups in total. The molecule has 0 aromatic carbocycles. The molecule has 0 radical (unpaired) electrons. The van der Waals surface area contributed by atoms with Crippen LogP contribution < -0.4 is 0 Å². The predicted octanol–water partition coefficient (Wildman–Crippen LogP) is -0.0866. The summed E-state index contributed by atoms with van der Waals surface area (Å²) in [7, 11) is 3.82. The van der Waals surface area contributed by atoms with Gasteiger partial charge in [0.2, 0.25) is 0 Å². The molecular weight excluding hydrogens is 220 g/mol. The smallest absolute Gasteiger partial charge is 0.0594 e. The number of methoxy groups -OCH3 is 1. The largest absolute Gasteiger partial charge is 0.383 e. The Bertz CT molecular complexity index is 175. The van der Waals surface area contributed by atoms with E-state index in [1.807, 2.05) is 0 Å². The van der Waals surface area contributed by atoms with Gasteiger partial charge in [0.25, 0.3) is 0 Å². The monoisotopic (exact) mass is 246 g/mol. The second-order valence-electron chi connectivity index (χ2n) is 4.36. The van der Waals surface area contributed by atoms with Gasteiger partial charge in [-0.1, -0.05) is 0 Å². The molecule has 1 aliphatic rings. The summed E-state index contributed by atoms with van der Waals surface area (Å²) in [6.07, 6.45) is 0. The fourth-order valence-electron chi connectivity index (χ4n) is 1.70. The van der Waals surface area contributed by atoms with Crippen LogP contribution in [0.3, 0.4) is 0 Å². The van der Waals surface area contributed by atoms with E-state index in [4.69, 9.17) is 14.2 Å². The third kappa shape index (κ3) is 7.68. The SMILES string of the molecule is COCCN(C)CCOCCN1CCOCC1. The molecule has 1 rings (SSSR count). The zero-order valence-electron chi connectivity index (χ0n) is 11.2. The molecule has 0 bridgehead atoms. The van der Waals surface area contributed by atoms with Gasteiger partial charge in [-0.3, -0.25) is 4.90 Å². The maximum absolute atomic E-state index is 5.62. The van der Waals surface area contributed by atoms with Crippen LogP contribution in [0.1, 0.15) is 0 Å². The molecule has 102 valence electrons. The maximum atomic E-state index is 5.62. The Morgan fingerprint density at radius 3 is 2.53 bits per heavy atom. The molecule has 1 saturated heterocycles. The second-order valence-corrected chi connectivity index (χ2v) is 4.36. The highest BCUT2D eigenvalue weighted by molar-refractivity contribution is 4.60. The summed E-state index contributed by atoms with van der Waals surface area (Å²) in [5.41, 5.74) is 0. The molecule has 0 aliphatic carbocycles. The summed E-state index contributed by atoms with van der Waals surface area (Å²) in [5.74, 6) is 0. The van der Waals surface area contributed by atoms with Gasteiger partial charge in [0.15, 0.2) is 0 Å². The zero-order valence-corrected chi connectivity index (χ0v) is 11.2. The summed E-state index contributed by atoms with van der Waals surface area (Å²) in [6, 6.07) is 0. The zero-order chi connectivity index (χ0) is 12.3. The Kier molecular flexibility index (Phi) is 8.56. The normalized spacial score (nSPS) is 17.8. The van der Waals surface area contributed by atoms with Crippen molar-refractivity contribution in [2.45, 2.75) is 0 Å². The molecule has 0 aromatic heterocycles. The first-order valence-electron chi connectivity index (χ1n) is 6.38. The summed E-state index contributed by atoms with van der Waals surface area (Å²) < 4.78 is 15.9. The quantitative estimate of drug-likeness (QED) is 0.531. The van der Waals surface area contributed by atoms with Gasteiger partial charge in [-0.15, -0.1) is 0 Å². The lowest BCUT2D eigenvalue weighted by atomic mass is 10.4. The number of likely N-dealkylation sites (N-methyl/N-ethyl adjacent to an activating group) is 1. The van der Waals surface area contributed by atoms with Crippen LogP contribution in [0, 0.1) is 0 Å². The number of rotatable bonds is 9. The van der Waals surface area contributed by atoms with Crippen LogP contribution in [0.2, 0.25) is 0 Å². The molecule has 0 saturated carbocycles. The fraction of sp³-hybridized carbons (Fsp3) is 1.00. The Labute approximate surface area is 105 Å². The average Bonchev–Trinajstić information content (AvgIpc) is 2.37. The van der Waals surface area contributed by atoms with Crippen LogP contribution in [0.4, 0.5) is 0 Å². The van der Waals surface area contributed by atoms with Crippen molar-refractivity contribution in [2.24, 2.45) is 0 Å². The molecule has 5 heteroatoms. The van der Waals surface area contributed by atoms with Crippen molar-refractivity contribution in [2.75, 3.05) is 79.9 Å². The van der Waals surface area contributed by atoms with Gasteiger partial charge < -0.3 is 19.1 Å². The van der Waals surface area contributed by atoms with Gasteiger partial charge >= 0.3 is 0 Å². The van der Waals surface area contributed by atoms with Crippen molar-refractivity contribution >= 4 is 0 Å². The van der Waals surface area contributed by atoms with E-state index in [0.29, 0.717) is 0 Å². The number of morpholine rings is 1. The van der Waals surface area contributed by atoms with E-state index in [-0.39, 0.29) is 0 Å². The van der Waals surface area contributed by atoms with E-state index in [0.717, 1.165) is 65.8 Å². The molecule has 0 amide bonds. The summed E-state index contributed by atoms with van der Waals surface area (Å²) in [5, 5.41) is 0. The topological polar surface area (TPSA) is 34.2 Å². The number of ether oxygens (including phenoxy) is 3. The van der Waals surface area contributed by atoms with Crippen molar-refractivity contribution in [3.05, 3.63) is 0 Å². The first kappa shape index (κ1) is 14.9. The molecule has 1 aliphatic heterocycles. The Morgan fingerprint density at radius 1 is 1.12 bits per heavy atom. The van der Waals surface area contributed by atoms with Crippen molar-refractivity contribution in [1.82, 2.24) is 9.80 Å². The lowest BCUT2D eigenvalue weighted by molar-refractivity contribution is 0.0180. The molecule has 0 aromatic rings. The molecule has 1 heterocycles. The summed E-state index contributed by atoms with van der Waals surface area (Å²) >= 11 is 0. The third-order valence-corrected chi connectivity index (χ3v) is 2.95. The standard InChI is InChI=1S/C12H26N2O3/c1-13(3-8-15-2)4-9-16-10-5-14-6-11-17-12-7-14/h3-12H2,1-2H3. The minimum absolute atomic E-state index is 0.782. The minimum atomic E-state index is 0.782. The highest BCUT2D eigenvalue weighted by Gasteiger charge is 2.09. The van der Waals surface area contributed by atoms with Gasteiger partial charge in [0.1, 0.15) is 0 Å². The second kappa shape index (κ2) is 9.79. The van der Waals surface area contributed by atoms with Gasteiger partial charge in [-0.2, -0.15) is 0 Å². The molecule has 0 unspecified atom stereocenters. The van der Waals surface area contributed by atoms with Gasteiger partial charge in [-0.05, 0) is 7.05 Å². The van der Waals surface area contributed by atoms with Crippen LogP contribution in [0.25, 0.3) is 0 Å². The predicted molar refractivity (Wildman–Crippen MR) is 67.5 cm³/mol. The van der Waals surface area contributed by atoms with Crippen molar-refractivity contribution < 1.29 is 14.2 Å². The molecule has 0 spiro atoms. The van der Waals surface area contributed by atoms with Crippen LogP contribution in [-0.4, -0.2) is 89.7 Å². The van der Waals surface area contributed by atoms with E-state index in [1.54, 1.807) is 7.11 Å². The lowest BCUT2D eigenvalue weighted by Gasteiger charge is -2.26. The highest BCUT2D eigenvalue weighted by Crippen LogP contribution is 1.95. The first-order valence-corrected chi connectivity index (χ1v) is 6.38. The van der Waals surface area contributed by atoms with Crippen LogP contribution in [0.5, 0.6) is 0 Å². The Balaban J connectivity index is 1.86. The first-order chi connectivity index (χ1) is 8.33. The van der Waals surface area contributed by atoms with Crippen LogP contribution >= 0.6 is 0 Å². The highest BCUT2D eigenvalue weighted by atomic mass is 16.5.